The van der Waals surface area contributed by atoms with Crippen LogP contribution < -0.4 is 5.32 Å². The van der Waals surface area contributed by atoms with Gasteiger partial charge in [0.15, 0.2) is 12.4 Å². The van der Waals surface area contributed by atoms with Crippen molar-refractivity contribution in [3.63, 3.8) is 0 Å². The van der Waals surface area contributed by atoms with Gasteiger partial charge in [-0.05, 0) is 31.9 Å². The molecule has 1 saturated carbocycles. The molecule has 1 aliphatic rings. The molecular formula is C23H30N2O4S. The molecule has 0 aromatic heterocycles. The molecule has 1 aromatic rings. The van der Waals surface area contributed by atoms with Crippen LogP contribution in [0.1, 0.15) is 70.2 Å². The third kappa shape index (κ3) is 6.33. The fourth-order valence-corrected chi connectivity index (χ4v) is 4.15. The number of nitriles is 1. The van der Waals surface area contributed by atoms with Crippen molar-refractivity contribution in [3.8, 4) is 6.07 Å². The monoisotopic (exact) mass is 430 g/mol. The molecule has 1 aromatic carbocycles. The Morgan fingerprint density at radius 1 is 1.20 bits per heavy atom. The topological polar surface area (TPSA) is 96.3 Å². The van der Waals surface area contributed by atoms with Crippen molar-refractivity contribution in [1.82, 2.24) is 5.32 Å². The SMILES string of the molecule is C[C@H](Sc1ccccc1C(=O)OCC(=O)C(C)(C)C)C(=O)NC1(C#N)CCCCC1. The Bertz CT molecular complexity index is 832. The number of nitrogens with zero attached hydrogens (tertiary/aromatic N) is 1. The largest absolute Gasteiger partial charge is 0.454 e. The van der Waals surface area contributed by atoms with E-state index in [1.807, 2.05) is 0 Å². The first-order valence-corrected chi connectivity index (χ1v) is 11.2. The Labute approximate surface area is 182 Å². The second kappa shape index (κ2) is 10.1. The number of esters is 1. The highest BCUT2D eigenvalue weighted by molar-refractivity contribution is 8.00. The van der Waals surface area contributed by atoms with Gasteiger partial charge in [-0.15, -0.1) is 11.8 Å². The summed E-state index contributed by atoms with van der Waals surface area (Å²) >= 11 is 1.24. The van der Waals surface area contributed by atoms with Crippen LogP contribution >= 0.6 is 11.8 Å². The molecule has 1 fully saturated rings. The first-order valence-electron chi connectivity index (χ1n) is 10.3. The summed E-state index contributed by atoms with van der Waals surface area (Å²) in [6.07, 6.45) is 4.26. The second-order valence-electron chi connectivity index (χ2n) is 8.75. The van der Waals surface area contributed by atoms with Gasteiger partial charge in [-0.1, -0.05) is 52.2 Å². The lowest BCUT2D eigenvalue weighted by Crippen LogP contribution is -2.50. The summed E-state index contributed by atoms with van der Waals surface area (Å²) < 4.78 is 5.21. The minimum Gasteiger partial charge on any atom is -0.454 e. The predicted octanol–water partition coefficient (Wildman–Crippen LogP) is 4.28. The molecule has 0 aliphatic heterocycles. The van der Waals surface area contributed by atoms with E-state index in [2.05, 4.69) is 11.4 Å². The van der Waals surface area contributed by atoms with E-state index in [1.165, 1.54) is 11.8 Å². The lowest BCUT2D eigenvalue weighted by molar-refractivity contribution is -0.129. The van der Waals surface area contributed by atoms with Crippen LogP contribution in [-0.4, -0.2) is 35.1 Å². The van der Waals surface area contributed by atoms with E-state index in [0.717, 1.165) is 19.3 Å². The number of hydrogen-bond donors (Lipinski definition) is 1. The molecule has 6 nitrogen and oxygen atoms in total. The van der Waals surface area contributed by atoms with E-state index < -0.39 is 22.2 Å². The first kappa shape index (κ1) is 23.9. The number of ether oxygens (including phenoxy) is 1. The molecule has 1 atom stereocenters. The fraction of sp³-hybridized carbons (Fsp3) is 0.565. The molecule has 2 rings (SSSR count). The minimum absolute atomic E-state index is 0.164. The number of hydrogen-bond acceptors (Lipinski definition) is 6. The number of carbonyl (C=O) groups is 3. The zero-order chi connectivity index (χ0) is 22.4. The van der Waals surface area contributed by atoms with Crippen LogP contribution in [0.15, 0.2) is 29.2 Å². The fourth-order valence-electron chi connectivity index (χ4n) is 3.16. The molecular weight excluding hydrogens is 400 g/mol. The number of carbonyl (C=O) groups excluding carboxylic acids is 3. The van der Waals surface area contributed by atoms with Crippen LogP contribution in [0, 0.1) is 16.7 Å². The highest BCUT2D eigenvalue weighted by Crippen LogP contribution is 2.31. The van der Waals surface area contributed by atoms with Gasteiger partial charge in [0.1, 0.15) is 5.54 Å². The van der Waals surface area contributed by atoms with Crippen molar-refractivity contribution in [2.24, 2.45) is 5.41 Å². The average molecular weight is 431 g/mol. The van der Waals surface area contributed by atoms with Crippen molar-refractivity contribution in [3.05, 3.63) is 29.8 Å². The Kier molecular flexibility index (Phi) is 8.08. The lowest BCUT2D eigenvalue weighted by atomic mass is 9.83. The van der Waals surface area contributed by atoms with Gasteiger partial charge >= 0.3 is 5.97 Å². The summed E-state index contributed by atoms with van der Waals surface area (Å²) in [6, 6.07) is 9.15. The minimum atomic E-state index is -0.796. The molecule has 0 heterocycles. The smallest absolute Gasteiger partial charge is 0.339 e. The number of thioether (sulfide) groups is 1. The van der Waals surface area contributed by atoms with Crippen LogP contribution in [0.25, 0.3) is 0 Å². The van der Waals surface area contributed by atoms with Crippen molar-refractivity contribution >= 4 is 29.4 Å². The van der Waals surface area contributed by atoms with Gasteiger partial charge in [-0.25, -0.2) is 4.79 Å². The molecule has 0 bridgehead atoms. The summed E-state index contributed by atoms with van der Waals surface area (Å²) in [4.78, 5) is 37.9. The van der Waals surface area contributed by atoms with E-state index in [0.29, 0.717) is 23.3 Å². The third-order valence-corrected chi connectivity index (χ3v) is 6.41. The van der Waals surface area contributed by atoms with Gasteiger partial charge < -0.3 is 10.1 Å². The maximum atomic E-state index is 12.7. The molecule has 1 N–H and O–H groups in total. The molecule has 0 saturated heterocycles. The number of amides is 1. The zero-order valence-corrected chi connectivity index (χ0v) is 18.9. The highest BCUT2D eigenvalue weighted by Gasteiger charge is 2.35. The van der Waals surface area contributed by atoms with E-state index in [4.69, 9.17) is 4.74 Å². The zero-order valence-electron chi connectivity index (χ0n) is 18.1. The van der Waals surface area contributed by atoms with Gasteiger partial charge in [0.2, 0.25) is 5.91 Å². The maximum absolute atomic E-state index is 12.7. The van der Waals surface area contributed by atoms with Crippen LogP contribution in [0.2, 0.25) is 0 Å². The van der Waals surface area contributed by atoms with Crippen molar-refractivity contribution in [1.29, 1.82) is 5.26 Å². The number of nitrogens with one attached hydrogen (secondary N) is 1. The van der Waals surface area contributed by atoms with Gasteiger partial charge in [0, 0.05) is 10.3 Å². The number of Topliss-reactive ketones (excluding diaryl/α,β-unsaturated/α-hetero) is 1. The molecule has 0 radical (unpaired) electrons. The first-order chi connectivity index (χ1) is 14.1. The summed E-state index contributed by atoms with van der Waals surface area (Å²) in [5.74, 6) is -0.985. The molecule has 0 unspecified atom stereocenters. The molecule has 1 amide bonds. The van der Waals surface area contributed by atoms with E-state index in [1.54, 1.807) is 52.0 Å². The lowest BCUT2D eigenvalue weighted by Gasteiger charge is -2.32. The summed E-state index contributed by atoms with van der Waals surface area (Å²) in [6.45, 7) is 6.77. The average Bonchev–Trinajstić information content (AvgIpc) is 2.72. The molecule has 1 aliphatic carbocycles. The van der Waals surface area contributed by atoms with Crippen LogP contribution in [-0.2, 0) is 14.3 Å². The van der Waals surface area contributed by atoms with Crippen LogP contribution in [0.4, 0.5) is 0 Å². The van der Waals surface area contributed by atoms with Crippen molar-refractivity contribution < 1.29 is 19.1 Å². The van der Waals surface area contributed by atoms with Crippen LogP contribution in [0.5, 0.6) is 0 Å². The summed E-state index contributed by atoms with van der Waals surface area (Å²) in [5, 5.41) is 12.0. The van der Waals surface area contributed by atoms with E-state index in [9.17, 15) is 19.6 Å². The molecule has 162 valence electrons. The number of benzene rings is 1. The molecule has 30 heavy (non-hydrogen) atoms. The normalized spacial score (nSPS) is 16.8. The van der Waals surface area contributed by atoms with Crippen molar-refractivity contribution in [2.45, 2.75) is 75.5 Å². The van der Waals surface area contributed by atoms with Gasteiger partial charge in [0.05, 0.1) is 16.9 Å². The van der Waals surface area contributed by atoms with Gasteiger partial charge in [0.25, 0.3) is 0 Å². The Balaban J connectivity index is 2.04. The Morgan fingerprint density at radius 3 is 2.43 bits per heavy atom. The Hall–Kier alpha value is -2.33. The highest BCUT2D eigenvalue weighted by atomic mass is 32.2. The van der Waals surface area contributed by atoms with E-state index >= 15 is 0 Å². The maximum Gasteiger partial charge on any atom is 0.339 e. The number of ketones is 1. The summed E-state index contributed by atoms with van der Waals surface area (Å²) in [5.41, 5.74) is -1.07. The Morgan fingerprint density at radius 2 is 1.83 bits per heavy atom. The van der Waals surface area contributed by atoms with Gasteiger partial charge in [-0.3, -0.25) is 9.59 Å². The van der Waals surface area contributed by atoms with E-state index in [-0.39, 0.29) is 18.3 Å². The van der Waals surface area contributed by atoms with Crippen molar-refractivity contribution in [2.75, 3.05) is 6.61 Å². The van der Waals surface area contributed by atoms with Gasteiger partial charge in [-0.2, -0.15) is 5.26 Å². The molecule has 0 spiro atoms. The standard InChI is InChI=1S/C23H30N2O4S/c1-16(20(27)25-23(15-24)12-8-5-9-13-23)30-18-11-7-6-10-17(18)21(28)29-14-19(26)22(2,3)4/h6-7,10-11,16H,5,8-9,12-14H2,1-4H3,(H,25,27)/t16-/m0/s1. The van der Waals surface area contributed by atoms with Crippen LogP contribution in [0.3, 0.4) is 0 Å². The quantitative estimate of drug-likeness (QED) is 0.512. The third-order valence-electron chi connectivity index (χ3n) is 5.23. The molecule has 7 heteroatoms. The summed E-state index contributed by atoms with van der Waals surface area (Å²) in [7, 11) is 0. The second-order valence-corrected chi connectivity index (χ2v) is 10.1. The predicted molar refractivity (Wildman–Crippen MR) is 116 cm³/mol. The number of rotatable bonds is 7.